The fraction of sp³-hybridized carbons (Fsp3) is 0.385. The molecule has 0 saturated carbocycles. The third-order valence-corrected chi connectivity index (χ3v) is 3.38. The van der Waals surface area contributed by atoms with Gasteiger partial charge in [0, 0.05) is 31.7 Å². The molecule has 2 aromatic rings. The Bertz CT molecular complexity index is 573. The lowest BCUT2D eigenvalue weighted by atomic mass is 10.00. The zero-order chi connectivity index (χ0) is 13.9. The molecule has 0 atom stereocenters. The Morgan fingerprint density at radius 2 is 2.30 bits per heavy atom. The number of carbonyl (C=O) groups is 1. The largest absolute Gasteiger partial charge is 0.354 e. The molecule has 1 fully saturated rings. The monoisotopic (exact) mass is 272 g/mol. The number of rotatable bonds is 4. The van der Waals surface area contributed by atoms with E-state index in [0.29, 0.717) is 18.0 Å². The first-order valence-corrected chi connectivity index (χ1v) is 6.54. The SMILES string of the molecule is Cc1ccc(N2CC(CNC(=O)c3cn[nH]c3)C2)nn1. The molecule has 1 saturated heterocycles. The van der Waals surface area contributed by atoms with Crippen LogP contribution in [0.15, 0.2) is 24.5 Å². The maximum atomic E-state index is 11.7. The topological polar surface area (TPSA) is 86.8 Å². The standard InChI is InChI=1S/C13H16N6O/c1-9-2-3-12(18-17-9)19-7-10(8-19)4-14-13(20)11-5-15-16-6-11/h2-3,5-6,10H,4,7-8H2,1H3,(H,14,20)(H,15,16). The third kappa shape index (κ3) is 2.61. The normalized spacial score (nSPS) is 14.9. The summed E-state index contributed by atoms with van der Waals surface area (Å²) in [7, 11) is 0. The van der Waals surface area contributed by atoms with Gasteiger partial charge in [0.05, 0.1) is 17.5 Å². The second kappa shape index (κ2) is 5.28. The number of anilines is 1. The van der Waals surface area contributed by atoms with E-state index in [9.17, 15) is 4.79 Å². The van der Waals surface area contributed by atoms with Crippen molar-refractivity contribution >= 4 is 11.7 Å². The van der Waals surface area contributed by atoms with Crippen molar-refractivity contribution in [3.05, 3.63) is 35.8 Å². The smallest absolute Gasteiger partial charge is 0.254 e. The van der Waals surface area contributed by atoms with E-state index in [4.69, 9.17) is 0 Å². The van der Waals surface area contributed by atoms with Gasteiger partial charge >= 0.3 is 0 Å². The van der Waals surface area contributed by atoms with E-state index in [0.717, 1.165) is 24.6 Å². The molecule has 1 aliphatic rings. The number of amides is 1. The Kier molecular flexibility index (Phi) is 3.32. The minimum atomic E-state index is -0.0904. The van der Waals surface area contributed by atoms with Crippen LogP contribution in [0.25, 0.3) is 0 Å². The van der Waals surface area contributed by atoms with Crippen LogP contribution >= 0.6 is 0 Å². The maximum Gasteiger partial charge on any atom is 0.254 e. The number of H-pyrrole nitrogens is 1. The van der Waals surface area contributed by atoms with Crippen LogP contribution in [-0.2, 0) is 0 Å². The highest BCUT2D eigenvalue weighted by Crippen LogP contribution is 2.21. The second-order valence-corrected chi connectivity index (χ2v) is 5.00. The van der Waals surface area contributed by atoms with Gasteiger partial charge in [-0.15, -0.1) is 5.10 Å². The fourth-order valence-corrected chi connectivity index (χ4v) is 2.16. The van der Waals surface area contributed by atoms with Crippen molar-refractivity contribution in [2.24, 2.45) is 5.92 Å². The molecule has 1 aliphatic heterocycles. The van der Waals surface area contributed by atoms with Crippen LogP contribution in [0.3, 0.4) is 0 Å². The van der Waals surface area contributed by atoms with Crippen molar-refractivity contribution in [2.45, 2.75) is 6.92 Å². The van der Waals surface area contributed by atoms with Crippen LogP contribution in [0.1, 0.15) is 16.1 Å². The quantitative estimate of drug-likeness (QED) is 0.840. The predicted molar refractivity (Wildman–Crippen MR) is 73.4 cm³/mol. The summed E-state index contributed by atoms with van der Waals surface area (Å²) in [4.78, 5) is 13.9. The average Bonchev–Trinajstić information content (AvgIpc) is 2.92. The number of aromatic nitrogens is 4. The molecule has 3 rings (SSSR count). The highest BCUT2D eigenvalue weighted by atomic mass is 16.1. The number of aryl methyl sites for hydroxylation is 1. The molecule has 0 unspecified atom stereocenters. The van der Waals surface area contributed by atoms with Gasteiger partial charge in [0.2, 0.25) is 0 Å². The van der Waals surface area contributed by atoms with Gasteiger partial charge in [0.1, 0.15) is 0 Å². The van der Waals surface area contributed by atoms with Crippen LogP contribution in [0, 0.1) is 12.8 Å². The van der Waals surface area contributed by atoms with Gasteiger partial charge in [0.15, 0.2) is 5.82 Å². The summed E-state index contributed by atoms with van der Waals surface area (Å²) >= 11 is 0. The van der Waals surface area contributed by atoms with Crippen molar-refractivity contribution in [2.75, 3.05) is 24.5 Å². The van der Waals surface area contributed by atoms with E-state index in [-0.39, 0.29) is 5.91 Å². The predicted octanol–water partition coefficient (Wildman–Crippen LogP) is 0.374. The summed E-state index contributed by atoms with van der Waals surface area (Å²) in [6.07, 6.45) is 3.11. The van der Waals surface area contributed by atoms with Gasteiger partial charge in [-0.1, -0.05) is 0 Å². The molecular weight excluding hydrogens is 256 g/mol. The highest BCUT2D eigenvalue weighted by molar-refractivity contribution is 5.93. The number of carbonyl (C=O) groups excluding carboxylic acids is 1. The Balaban J connectivity index is 1.44. The van der Waals surface area contributed by atoms with E-state index in [1.165, 1.54) is 6.20 Å². The first-order chi connectivity index (χ1) is 9.72. The zero-order valence-electron chi connectivity index (χ0n) is 11.2. The highest BCUT2D eigenvalue weighted by Gasteiger charge is 2.28. The first-order valence-electron chi connectivity index (χ1n) is 6.54. The molecule has 0 aromatic carbocycles. The number of nitrogens with one attached hydrogen (secondary N) is 2. The van der Waals surface area contributed by atoms with Crippen LogP contribution in [0.2, 0.25) is 0 Å². The van der Waals surface area contributed by atoms with Crippen LogP contribution in [0.4, 0.5) is 5.82 Å². The molecular formula is C13H16N6O. The summed E-state index contributed by atoms with van der Waals surface area (Å²) in [5.74, 6) is 1.26. The van der Waals surface area contributed by atoms with Crippen molar-refractivity contribution < 1.29 is 4.79 Å². The molecule has 7 nitrogen and oxygen atoms in total. The van der Waals surface area contributed by atoms with Gasteiger partial charge in [-0.25, -0.2) is 0 Å². The van der Waals surface area contributed by atoms with E-state index < -0.39 is 0 Å². The molecule has 3 heterocycles. The van der Waals surface area contributed by atoms with E-state index in [1.54, 1.807) is 6.20 Å². The first kappa shape index (κ1) is 12.6. The van der Waals surface area contributed by atoms with Gasteiger partial charge in [-0.2, -0.15) is 10.2 Å². The lowest BCUT2D eigenvalue weighted by Crippen LogP contribution is -2.51. The molecule has 2 N–H and O–H groups in total. The minimum Gasteiger partial charge on any atom is -0.354 e. The number of hydrogen-bond donors (Lipinski definition) is 2. The Labute approximate surface area is 116 Å². The summed E-state index contributed by atoms with van der Waals surface area (Å²) in [5, 5.41) is 17.5. The number of nitrogens with zero attached hydrogens (tertiary/aromatic N) is 4. The molecule has 7 heteroatoms. The van der Waals surface area contributed by atoms with Crippen molar-refractivity contribution in [1.29, 1.82) is 0 Å². The van der Waals surface area contributed by atoms with E-state index >= 15 is 0 Å². The van der Waals surface area contributed by atoms with Crippen molar-refractivity contribution in [1.82, 2.24) is 25.7 Å². The van der Waals surface area contributed by atoms with Crippen molar-refractivity contribution in [3.8, 4) is 0 Å². The van der Waals surface area contributed by atoms with Crippen molar-refractivity contribution in [3.63, 3.8) is 0 Å². The minimum absolute atomic E-state index is 0.0904. The van der Waals surface area contributed by atoms with Crippen LogP contribution < -0.4 is 10.2 Å². The molecule has 104 valence electrons. The summed E-state index contributed by atoms with van der Waals surface area (Å²) in [5.41, 5.74) is 1.48. The summed E-state index contributed by atoms with van der Waals surface area (Å²) in [6, 6.07) is 3.93. The van der Waals surface area contributed by atoms with Gasteiger partial charge in [0.25, 0.3) is 5.91 Å². The third-order valence-electron chi connectivity index (χ3n) is 3.38. The zero-order valence-corrected chi connectivity index (χ0v) is 11.2. The molecule has 0 radical (unpaired) electrons. The maximum absolute atomic E-state index is 11.7. The van der Waals surface area contributed by atoms with E-state index in [1.807, 2.05) is 19.1 Å². The van der Waals surface area contributed by atoms with Gasteiger partial charge < -0.3 is 10.2 Å². The molecule has 2 aromatic heterocycles. The van der Waals surface area contributed by atoms with Gasteiger partial charge in [-0.3, -0.25) is 9.89 Å². The van der Waals surface area contributed by atoms with Crippen LogP contribution in [-0.4, -0.2) is 45.9 Å². The number of hydrogen-bond acceptors (Lipinski definition) is 5. The Morgan fingerprint density at radius 3 is 2.95 bits per heavy atom. The van der Waals surface area contributed by atoms with Gasteiger partial charge in [-0.05, 0) is 19.1 Å². The molecule has 0 aliphatic carbocycles. The molecule has 1 amide bonds. The lowest BCUT2D eigenvalue weighted by molar-refractivity contribution is 0.0944. The second-order valence-electron chi connectivity index (χ2n) is 5.00. The fourth-order valence-electron chi connectivity index (χ4n) is 2.16. The Morgan fingerprint density at radius 1 is 1.45 bits per heavy atom. The molecule has 20 heavy (non-hydrogen) atoms. The van der Waals surface area contributed by atoms with E-state index in [2.05, 4.69) is 30.6 Å². The summed E-state index contributed by atoms with van der Waals surface area (Å²) in [6.45, 7) is 4.37. The Hall–Kier alpha value is -2.44. The summed E-state index contributed by atoms with van der Waals surface area (Å²) < 4.78 is 0. The molecule has 0 spiro atoms. The van der Waals surface area contributed by atoms with Crippen LogP contribution in [0.5, 0.6) is 0 Å². The average molecular weight is 272 g/mol. The molecule has 0 bridgehead atoms. The lowest BCUT2D eigenvalue weighted by Gasteiger charge is -2.39. The number of aromatic amines is 1.